The van der Waals surface area contributed by atoms with Gasteiger partial charge in [0.1, 0.15) is 5.92 Å². The Morgan fingerprint density at radius 1 is 1.25 bits per heavy atom. The van der Waals surface area contributed by atoms with Gasteiger partial charge in [-0.1, -0.05) is 30.0 Å². The molecule has 1 N–H and O–H groups in total. The Morgan fingerprint density at radius 3 is 2.54 bits per heavy atom. The van der Waals surface area contributed by atoms with Crippen LogP contribution in [0.2, 0.25) is 0 Å². The predicted molar refractivity (Wildman–Crippen MR) is 112 cm³/mol. The summed E-state index contributed by atoms with van der Waals surface area (Å²) < 4.78 is 10.8. The maximum absolute atomic E-state index is 12.8. The number of carbonyl (C=O) groups excluding carboxylic acids is 3. The van der Waals surface area contributed by atoms with E-state index >= 15 is 0 Å². The van der Waals surface area contributed by atoms with Crippen LogP contribution in [0.3, 0.4) is 0 Å². The molecule has 0 aromatic heterocycles. The highest BCUT2D eigenvalue weighted by molar-refractivity contribution is 14.1. The summed E-state index contributed by atoms with van der Waals surface area (Å²) in [6, 6.07) is 9.35. The molecule has 1 aromatic carbocycles. The first kappa shape index (κ1) is 22.2. The SMILES string of the molecule is CCOC(=O)CSC1=C(C#N)[C@@H](c2ccccc2I)[C@H](C(=O)OCC)C(=O)N1. The van der Waals surface area contributed by atoms with Crippen LogP contribution in [0.5, 0.6) is 0 Å². The third-order valence-corrected chi connectivity index (χ3v) is 5.92. The normalized spacial score (nSPS) is 18.9. The summed E-state index contributed by atoms with van der Waals surface area (Å²) >= 11 is 3.11. The first-order valence-electron chi connectivity index (χ1n) is 8.59. The van der Waals surface area contributed by atoms with Gasteiger partial charge in [0.15, 0.2) is 0 Å². The fourth-order valence-electron chi connectivity index (χ4n) is 2.82. The minimum atomic E-state index is -1.18. The molecular weight excluding hydrogens is 495 g/mol. The molecule has 0 saturated heterocycles. The third-order valence-electron chi connectivity index (χ3n) is 3.95. The zero-order valence-electron chi connectivity index (χ0n) is 15.4. The second-order valence-electron chi connectivity index (χ2n) is 5.67. The molecule has 0 spiro atoms. The molecule has 0 saturated carbocycles. The zero-order chi connectivity index (χ0) is 20.7. The van der Waals surface area contributed by atoms with Gasteiger partial charge in [0, 0.05) is 9.49 Å². The fraction of sp³-hybridized carbons (Fsp3) is 0.368. The number of benzene rings is 1. The quantitative estimate of drug-likeness (QED) is 0.339. The summed E-state index contributed by atoms with van der Waals surface area (Å²) in [5.41, 5.74) is 0.901. The Labute approximate surface area is 181 Å². The molecule has 148 valence electrons. The standard InChI is InChI=1S/C19H19IN2O5S/c1-3-26-14(23)10-28-18-12(9-21)15(11-7-5-6-8-13(11)20)16(17(24)22-18)19(25)27-4-2/h5-8,15-16H,3-4,10H2,1-2H3,(H,22,24)/t15-,16+/m1/s1. The van der Waals surface area contributed by atoms with Gasteiger partial charge in [0.25, 0.3) is 0 Å². The molecule has 1 aromatic rings. The molecule has 2 rings (SSSR count). The predicted octanol–water partition coefficient (Wildman–Crippen LogP) is 2.72. The lowest BCUT2D eigenvalue weighted by Crippen LogP contribution is -2.44. The lowest BCUT2D eigenvalue weighted by molar-refractivity contribution is -0.153. The van der Waals surface area contributed by atoms with Crippen molar-refractivity contribution in [2.45, 2.75) is 19.8 Å². The number of esters is 2. The van der Waals surface area contributed by atoms with Crippen LogP contribution >= 0.6 is 34.4 Å². The maximum Gasteiger partial charge on any atom is 0.319 e. The molecule has 28 heavy (non-hydrogen) atoms. The van der Waals surface area contributed by atoms with Crippen LogP contribution in [-0.4, -0.2) is 36.8 Å². The average Bonchev–Trinajstić information content (AvgIpc) is 2.66. The number of amides is 1. The van der Waals surface area contributed by atoms with E-state index in [1.807, 2.05) is 12.1 Å². The molecular formula is C19H19IN2O5S. The minimum Gasteiger partial charge on any atom is -0.465 e. The molecule has 1 heterocycles. The molecule has 2 atom stereocenters. The smallest absolute Gasteiger partial charge is 0.319 e. The van der Waals surface area contributed by atoms with Crippen LogP contribution in [0.1, 0.15) is 25.3 Å². The van der Waals surface area contributed by atoms with Crippen molar-refractivity contribution in [1.82, 2.24) is 5.32 Å². The number of rotatable bonds is 7. The first-order chi connectivity index (χ1) is 13.4. The molecule has 0 bridgehead atoms. The fourth-order valence-corrected chi connectivity index (χ4v) is 4.39. The largest absolute Gasteiger partial charge is 0.465 e. The number of nitrogens with zero attached hydrogens (tertiary/aromatic N) is 1. The molecule has 1 amide bonds. The zero-order valence-corrected chi connectivity index (χ0v) is 18.3. The van der Waals surface area contributed by atoms with E-state index in [2.05, 4.69) is 34.0 Å². The van der Waals surface area contributed by atoms with Gasteiger partial charge in [0.2, 0.25) is 5.91 Å². The van der Waals surface area contributed by atoms with E-state index in [9.17, 15) is 19.6 Å². The second-order valence-corrected chi connectivity index (χ2v) is 7.81. The van der Waals surface area contributed by atoms with Crippen molar-refractivity contribution in [3.05, 3.63) is 44.0 Å². The van der Waals surface area contributed by atoms with Gasteiger partial charge in [-0.3, -0.25) is 14.4 Å². The van der Waals surface area contributed by atoms with E-state index in [0.717, 1.165) is 15.3 Å². The summed E-state index contributed by atoms with van der Waals surface area (Å²) in [6.07, 6.45) is 0. The highest BCUT2D eigenvalue weighted by atomic mass is 127. The van der Waals surface area contributed by atoms with Gasteiger partial charge in [-0.05, 0) is 48.1 Å². The van der Waals surface area contributed by atoms with Crippen molar-refractivity contribution in [3.63, 3.8) is 0 Å². The Kier molecular flexibility index (Phi) is 8.32. The lowest BCUT2D eigenvalue weighted by Gasteiger charge is -2.31. The summed E-state index contributed by atoms with van der Waals surface area (Å²) in [5.74, 6) is -3.74. The first-order valence-corrected chi connectivity index (χ1v) is 10.7. The van der Waals surface area contributed by atoms with E-state index < -0.39 is 29.7 Å². The van der Waals surface area contributed by atoms with Crippen molar-refractivity contribution < 1.29 is 23.9 Å². The van der Waals surface area contributed by atoms with E-state index in [-0.39, 0.29) is 29.6 Å². The third kappa shape index (κ3) is 5.05. The highest BCUT2D eigenvalue weighted by Crippen LogP contribution is 2.41. The Hall–Kier alpha value is -2.06. The lowest BCUT2D eigenvalue weighted by atomic mass is 9.78. The van der Waals surface area contributed by atoms with E-state index in [1.165, 1.54) is 0 Å². The summed E-state index contributed by atoms with van der Waals surface area (Å²) in [7, 11) is 0. The Bertz CT molecular complexity index is 849. The number of nitriles is 1. The number of allylic oxidation sites excluding steroid dienone is 1. The van der Waals surface area contributed by atoms with Gasteiger partial charge >= 0.3 is 11.9 Å². The number of hydrogen-bond acceptors (Lipinski definition) is 7. The molecule has 7 nitrogen and oxygen atoms in total. The maximum atomic E-state index is 12.8. The van der Waals surface area contributed by atoms with Crippen LogP contribution in [0.25, 0.3) is 0 Å². The van der Waals surface area contributed by atoms with Crippen molar-refractivity contribution in [1.29, 1.82) is 5.26 Å². The van der Waals surface area contributed by atoms with Crippen molar-refractivity contribution in [3.8, 4) is 6.07 Å². The number of ether oxygens (including phenoxy) is 2. The van der Waals surface area contributed by atoms with Crippen LogP contribution in [-0.2, 0) is 23.9 Å². The number of thioether (sulfide) groups is 1. The summed E-state index contributed by atoms with van der Waals surface area (Å²) in [4.78, 5) is 37.0. The monoisotopic (exact) mass is 514 g/mol. The van der Waals surface area contributed by atoms with Gasteiger partial charge in [0.05, 0.1) is 35.6 Å². The Morgan fingerprint density at radius 2 is 1.93 bits per heavy atom. The number of hydrogen-bond donors (Lipinski definition) is 1. The second kappa shape index (κ2) is 10.5. The minimum absolute atomic E-state index is 0.0582. The average molecular weight is 514 g/mol. The van der Waals surface area contributed by atoms with Crippen LogP contribution in [0.15, 0.2) is 34.9 Å². The summed E-state index contributed by atoms with van der Waals surface area (Å²) in [6.45, 7) is 3.72. The van der Waals surface area contributed by atoms with E-state index in [0.29, 0.717) is 5.56 Å². The number of nitrogens with one attached hydrogen (secondary N) is 1. The van der Waals surface area contributed by atoms with Gasteiger partial charge in [-0.2, -0.15) is 5.26 Å². The van der Waals surface area contributed by atoms with Gasteiger partial charge in [-0.15, -0.1) is 0 Å². The van der Waals surface area contributed by atoms with E-state index in [4.69, 9.17) is 9.47 Å². The van der Waals surface area contributed by atoms with Crippen molar-refractivity contribution in [2.75, 3.05) is 19.0 Å². The van der Waals surface area contributed by atoms with Crippen LogP contribution < -0.4 is 5.32 Å². The van der Waals surface area contributed by atoms with Gasteiger partial charge in [-0.25, -0.2) is 0 Å². The molecule has 0 unspecified atom stereocenters. The molecule has 0 radical (unpaired) electrons. The van der Waals surface area contributed by atoms with Gasteiger partial charge < -0.3 is 14.8 Å². The van der Waals surface area contributed by atoms with Crippen LogP contribution in [0.4, 0.5) is 0 Å². The molecule has 0 fully saturated rings. The molecule has 9 heteroatoms. The number of halogens is 1. The topological polar surface area (TPSA) is 105 Å². The summed E-state index contributed by atoms with van der Waals surface area (Å²) in [5, 5.41) is 12.7. The van der Waals surface area contributed by atoms with Crippen molar-refractivity contribution >= 4 is 52.2 Å². The molecule has 1 aliphatic heterocycles. The highest BCUT2D eigenvalue weighted by Gasteiger charge is 2.45. The van der Waals surface area contributed by atoms with Crippen LogP contribution in [0, 0.1) is 20.8 Å². The molecule has 0 aliphatic carbocycles. The Balaban J connectivity index is 2.51. The molecule has 1 aliphatic rings. The van der Waals surface area contributed by atoms with Crippen molar-refractivity contribution in [2.24, 2.45) is 5.92 Å². The number of carbonyl (C=O) groups is 3. The van der Waals surface area contributed by atoms with E-state index in [1.54, 1.807) is 26.0 Å².